The first kappa shape index (κ1) is 14.0. The average molecular weight is 274 g/mol. The summed E-state index contributed by atoms with van der Waals surface area (Å²) in [5.41, 5.74) is 8.09. The molecule has 110 valence electrons. The van der Waals surface area contributed by atoms with E-state index >= 15 is 0 Å². The van der Waals surface area contributed by atoms with Gasteiger partial charge in [-0.25, -0.2) is 5.43 Å². The molecule has 0 aromatic heterocycles. The Morgan fingerprint density at radius 2 is 1.95 bits per heavy atom. The molecule has 0 bridgehead atoms. The van der Waals surface area contributed by atoms with E-state index in [1.807, 2.05) is 0 Å². The fourth-order valence-corrected chi connectivity index (χ4v) is 3.27. The number of rotatable bonds is 6. The first-order chi connectivity index (χ1) is 9.93. The first-order valence-corrected chi connectivity index (χ1v) is 7.90. The summed E-state index contributed by atoms with van der Waals surface area (Å²) in [5, 5.41) is 3.63. The fraction of sp³-hybridized carbons (Fsp3) is 0.625. The minimum Gasteiger partial charge on any atom is -0.315 e. The van der Waals surface area contributed by atoms with Crippen molar-refractivity contribution < 1.29 is 0 Å². The molecule has 1 aromatic carbocycles. The first-order valence-electron chi connectivity index (χ1n) is 7.90. The molecule has 3 N–H and O–H groups in total. The lowest BCUT2D eigenvalue weighted by Crippen LogP contribution is -2.34. The normalized spacial score (nSPS) is 27.2. The van der Waals surface area contributed by atoms with Crippen LogP contribution in [0.15, 0.2) is 30.3 Å². The minimum atomic E-state index is 0.426. The van der Waals surface area contributed by atoms with Gasteiger partial charge in [0.15, 0.2) is 0 Å². The maximum atomic E-state index is 3.63. The molecule has 2 fully saturated rings. The Hall–Kier alpha value is -0.940. The van der Waals surface area contributed by atoms with E-state index in [-0.39, 0.29) is 0 Å². The molecule has 20 heavy (non-hydrogen) atoms. The largest absolute Gasteiger partial charge is 0.315 e. The quantitative estimate of drug-likeness (QED) is 0.680. The van der Waals surface area contributed by atoms with Gasteiger partial charge in [-0.15, -0.1) is 0 Å². The Morgan fingerprint density at radius 3 is 2.75 bits per heavy atom. The summed E-state index contributed by atoms with van der Waals surface area (Å²) in [7, 11) is 0. The molecule has 2 aliphatic rings. The van der Waals surface area contributed by atoms with Gasteiger partial charge in [-0.3, -0.25) is 5.43 Å². The number of hydrogen-bond donors (Lipinski definition) is 3. The Morgan fingerprint density at radius 1 is 1.15 bits per heavy atom. The van der Waals surface area contributed by atoms with Crippen molar-refractivity contribution in [3.63, 3.8) is 0 Å². The van der Waals surface area contributed by atoms with Crippen molar-refractivity contribution in [2.24, 2.45) is 5.92 Å². The zero-order valence-electron chi connectivity index (χ0n) is 12.1. The van der Waals surface area contributed by atoms with Crippen LogP contribution in [0, 0.1) is 5.92 Å². The van der Waals surface area contributed by atoms with E-state index in [0.717, 1.165) is 19.6 Å². The SMILES string of the molecule is c1ccc(C2NNCC2CNCCN2CCCC2)cc1. The van der Waals surface area contributed by atoms with Crippen LogP contribution in [0.5, 0.6) is 0 Å². The Bertz CT molecular complexity index is 389. The van der Waals surface area contributed by atoms with Crippen LogP contribution in [0.3, 0.4) is 0 Å². The van der Waals surface area contributed by atoms with Crippen molar-refractivity contribution in [1.82, 2.24) is 21.1 Å². The molecule has 2 unspecified atom stereocenters. The van der Waals surface area contributed by atoms with E-state index < -0.39 is 0 Å². The molecule has 4 heteroatoms. The number of hydrogen-bond acceptors (Lipinski definition) is 4. The zero-order chi connectivity index (χ0) is 13.6. The molecule has 0 radical (unpaired) electrons. The summed E-state index contributed by atoms with van der Waals surface area (Å²) in [4.78, 5) is 2.56. The molecule has 2 aliphatic heterocycles. The average Bonchev–Trinajstić information content (AvgIpc) is 3.16. The highest BCUT2D eigenvalue weighted by atomic mass is 15.4. The number of hydrazine groups is 1. The Kier molecular flexibility index (Phi) is 5.03. The number of nitrogens with zero attached hydrogens (tertiary/aromatic N) is 1. The third-order valence-electron chi connectivity index (χ3n) is 4.46. The smallest absolute Gasteiger partial charge is 0.0515 e. The second-order valence-corrected chi connectivity index (χ2v) is 5.93. The Balaban J connectivity index is 1.42. The summed E-state index contributed by atoms with van der Waals surface area (Å²) in [6.45, 7) is 7.01. The lowest BCUT2D eigenvalue weighted by atomic mass is 9.95. The van der Waals surface area contributed by atoms with Crippen molar-refractivity contribution in [2.75, 3.05) is 39.3 Å². The number of benzene rings is 1. The molecular weight excluding hydrogens is 248 g/mol. The van der Waals surface area contributed by atoms with Crippen LogP contribution in [0.25, 0.3) is 0 Å². The molecule has 0 saturated carbocycles. The predicted molar refractivity (Wildman–Crippen MR) is 82.4 cm³/mol. The van der Waals surface area contributed by atoms with Crippen molar-refractivity contribution >= 4 is 0 Å². The van der Waals surface area contributed by atoms with Gasteiger partial charge in [0.25, 0.3) is 0 Å². The molecular formula is C16H26N4. The van der Waals surface area contributed by atoms with Crippen LogP contribution in [-0.4, -0.2) is 44.2 Å². The van der Waals surface area contributed by atoms with Gasteiger partial charge in [-0.2, -0.15) is 0 Å². The summed E-state index contributed by atoms with van der Waals surface area (Å²) in [5.74, 6) is 0.621. The van der Waals surface area contributed by atoms with Gasteiger partial charge in [0.1, 0.15) is 0 Å². The fourth-order valence-electron chi connectivity index (χ4n) is 3.27. The highest BCUT2D eigenvalue weighted by Crippen LogP contribution is 2.23. The molecule has 2 saturated heterocycles. The van der Waals surface area contributed by atoms with Gasteiger partial charge in [0.05, 0.1) is 6.04 Å². The summed E-state index contributed by atoms with van der Waals surface area (Å²) in [6, 6.07) is 11.2. The molecule has 1 aromatic rings. The van der Waals surface area contributed by atoms with E-state index in [0.29, 0.717) is 12.0 Å². The van der Waals surface area contributed by atoms with E-state index in [1.165, 1.54) is 38.0 Å². The molecule has 0 aliphatic carbocycles. The summed E-state index contributed by atoms with van der Waals surface area (Å²) >= 11 is 0. The van der Waals surface area contributed by atoms with Gasteiger partial charge >= 0.3 is 0 Å². The van der Waals surface area contributed by atoms with Gasteiger partial charge in [0, 0.05) is 32.1 Å². The molecule has 0 amide bonds. The van der Waals surface area contributed by atoms with Crippen LogP contribution in [0.1, 0.15) is 24.4 Å². The van der Waals surface area contributed by atoms with E-state index in [1.54, 1.807) is 0 Å². The van der Waals surface area contributed by atoms with E-state index in [2.05, 4.69) is 51.4 Å². The molecule has 4 nitrogen and oxygen atoms in total. The minimum absolute atomic E-state index is 0.426. The van der Waals surface area contributed by atoms with Crippen molar-refractivity contribution in [2.45, 2.75) is 18.9 Å². The predicted octanol–water partition coefficient (Wildman–Crippen LogP) is 1.14. The van der Waals surface area contributed by atoms with E-state index in [9.17, 15) is 0 Å². The molecule has 0 spiro atoms. The van der Waals surface area contributed by atoms with Gasteiger partial charge < -0.3 is 10.2 Å². The van der Waals surface area contributed by atoms with Crippen LogP contribution in [0.4, 0.5) is 0 Å². The topological polar surface area (TPSA) is 39.3 Å². The van der Waals surface area contributed by atoms with Gasteiger partial charge in [0.2, 0.25) is 0 Å². The standard InChI is InChI=1S/C16H26N4/c1-2-6-14(7-3-1)16-15(13-18-19-16)12-17-8-11-20-9-4-5-10-20/h1-3,6-7,15-19H,4-5,8-13H2. The maximum absolute atomic E-state index is 3.63. The molecule has 2 heterocycles. The van der Waals surface area contributed by atoms with Gasteiger partial charge in [-0.05, 0) is 31.5 Å². The van der Waals surface area contributed by atoms with E-state index in [4.69, 9.17) is 0 Å². The van der Waals surface area contributed by atoms with Crippen LogP contribution in [-0.2, 0) is 0 Å². The summed E-state index contributed by atoms with van der Waals surface area (Å²) < 4.78 is 0. The second-order valence-electron chi connectivity index (χ2n) is 5.93. The van der Waals surface area contributed by atoms with Gasteiger partial charge in [-0.1, -0.05) is 30.3 Å². The lowest BCUT2D eigenvalue weighted by molar-refractivity contribution is 0.328. The molecule has 2 atom stereocenters. The maximum Gasteiger partial charge on any atom is 0.0515 e. The number of likely N-dealkylation sites (tertiary alicyclic amines) is 1. The molecule has 3 rings (SSSR count). The zero-order valence-corrected chi connectivity index (χ0v) is 12.1. The van der Waals surface area contributed by atoms with Crippen LogP contribution < -0.4 is 16.2 Å². The summed E-state index contributed by atoms with van der Waals surface area (Å²) in [6.07, 6.45) is 2.76. The second kappa shape index (κ2) is 7.18. The van der Waals surface area contributed by atoms with Crippen LogP contribution >= 0.6 is 0 Å². The highest BCUT2D eigenvalue weighted by Gasteiger charge is 2.27. The van der Waals surface area contributed by atoms with Crippen LogP contribution in [0.2, 0.25) is 0 Å². The lowest BCUT2D eigenvalue weighted by Gasteiger charge is -2.20. The third-order valence-corrected chi connectivity index (χ3v) is 4.46. The number of nitrogens with one attached hydrogen (secondary N) is 3. The Labute approximate surface area is 121 Å². The van der Waals surface area contributed by atoms with Crippen molar-refractivity contribution in [3.8, 4) is 0 Å². The highest BCUT2D eigenvalue weighted by molar-refractivity contribution is 5.20. The van der Waals surface area contributed by atoms with Crippen molar-refractivity contribution in [1.29, 1.82) is 0 Å². The third kappa shape index (κ3) is 3.58. The van der Waals surface area contributed by atoms with Crippen molar-refractivity contribution in [3.05, 3.63) is 35.9 Å². The monoisotopic (exact) mass is 274 g/mol.